The monoisotopic (exact) mass is 234 g/mol. The normalized spacial score (nSPS) is 13.3. The number of hydrogen-bond acceptors (Lipinski definition) is 2. The molecule has 1 N–H and O–H groups in total. The molecule has 2 heteroatoms. The van der Waals surface area contributed by atoms with Crippen molar-refractivity contribution in [3.8, 4) is 0 Å². The molecule has 1 rings (SSSR count). The summed E-state index contributed by atoms with van der Waals surface area (Å²) in [6, 6.07) is 11.2. The SMILES string of the molecule is CCNC(CN(C)Cc1ccccc1)C(C)C. The van der Waals surface area contributed by atoms with Gasteiger partial charge in [0.15, 0.2) is 0 Å². The first kappa shape index (κ1) is 14.2. The number of nitrogens with one attached hydrogen (secondary N) is 1. The van der Waals surface area contributed by atoms with Crippen LogP contribution in [0, 0.1) is 5.92 Å². The van der Waals surface area contributed by atoms with Gasteiger partial charge in [-0.3, -0.25) is 0 Å². The molecule has 0 heterocycles. The summed E-state index contributed by atoms with van der Waals surface area (Å²) in [5.41, 5.74) is 1.38. The van der Waals surface area contributed by atoms with Crippen LogP contribution in [-0.4, -0.2) is 31.1 Å². The predicted octanol–water partition coefficient (Wildman–Crippen LogP) is 2.75. The average molecular weight is 234 g/mol. The van der Waals surface area contributed by atoms with E-state index in [4.69, 9.17) is 0 Å². The van der Waals surface area contributed by atoms with E-state index in [-0.39, 0.29) is 0 Å². The lowest BCUT2D eigenvalue weighted by molar-refractivity contribution is 0.250. The topological polar surface area (TPSA) is 15.3 Å². The maximum Gasteiger partial charge on any atom is 0.0231 e. The minimum Gasteiger partial charge on any atom is -0.313 e. The summed E-state index contributed by atoms with van der Waals surface area (Å²) >= 11 is 0. The van der Waals surface area contributed by atoms with Crippen LogP contribution in [-0.2, 0) is 6.54 Å². The van der Waals surface area contributed by atoms with Crippen LogP contribution >= 0.6 is 0 Å². The molecule has 17 heavy (non-hydrogen) atoms. The highest BCUT2D eigenvalue weighted by atomic mass is 15.1. The van der Waals surface area contributed by atoms with Gasteiger partial charge >= 0.3 is 0 Å². The molecule has 0 saturated carbocycles. The Bertz CT molecular complexity index is 295. The van der Waals surface area contributed by atoms with E-state index >= 15 is 0 Å². The van der Waals surface area contributed by atoms with Gasteiger partial charge in [-0.05, 0) is 25.1 Å². The van der Waals surface area contributed by atoms with Gasteiger partial charge in [-0.1, -0.05) is 51.1 Å². The van der Waals surface area contributed by atoms with Gasteiger partial charge in [0.1, 0.15) is 0 Å². The second-order valence-corrected chi connectivity index (χ2v) is 5.09. The van der Waals surface area contributed by atoms with E-state index in [1.807, 2.05) is 0 Å². The molecule has 0 amide bonds. The molecular weight excluding hydrogens is 208 g/mol. The third-order valence-electron chi connectivity index (χ3n) is 3.07. The summed E-state index contributed by atoms with van der Waals surface area (Å²) in [5, 5.41) is 3.56. The zero-order valence-corrected chi connectivity index (χ0v) is 11.6. The second-order valence-electron chi connectivity index (χ2n) is 5.09. The van der Waals surface area contributed by atoms with Gasteiger partial charge in [0, 0.05) is 19.1 Å². The molecule has 0 spiro atoms. The zero-order valence-electron chi connectivity index (χ0n) is 11.6. The molecular formula is C15H26N2. The van der Waals surface area contributed by atoms with Crippen LogP contribution in [0.2, 0.25) is 0 Å². The van der Waals surface area contributed by atoms with Crippen molar-refractivity contribution in [2.75, 3.05) is 20.1 Å². The quantitative estimate of drug-likeness (QED) is 0.780. The highest BCUT2D eigenvalue weighted by Gasteiger charge is 2.14. The van der Waals surface area contributed by atoms with Crippen LogP contribution in [0.25, 0.3) is 0 Å². The Morgan fingerprint density at radius 3 is 2.35 bits per heavy atom. The Labute approximate surface area is 106 Å². The zero-order chi connectivity index (χ0) is 12.7. The minimum atomic E-state index is 0.578. The first-order valence-electron chi connectivity index (χ1n) is 6.59. The van der Waals surface area contributed by atoms with Crippen LogP contribution in [0.1, 0.15) is 26.3 Å². The van der Waals surface area contributed by atoms with Crippen molar-refractivity contribution in [3.63, 3.8) is 0 Å². The Morgan fingerprint density at radius 2 is 1.82 bits per heavy atom. The van der Waals surface area contributed by atoms with E-state index in [0.717, 1.165) is 19.6 Å². The van der Waals surface area contributed by atoms with Crippen LogP contribution in [0.3, 0.4) is 0 Å². The molecule has 0 saturated heterocycles. The molecule has 0 fully saturated rings. The summed E-state index contributed by atoms with van der Waals surface area (Å²) in [4.78, 5) is 2.39. The van der Waals surface area contributed by atoms with E-state index in [9.17, 15) is 0 Å². The molecule has 0 bridgehead atoms. The van der Waals surface area contributed by atoms with Crippen LogP contribution in [0.5, 0.6) is 0 Å². The first-order chi connectivity index (χ1) is 8.13. The highest BCUT2D eigenvalue weighted by Crippen LogP contribution is 2.07. The van der Waals surface area contributed by atoms with Crippen molar-refractivity contribution in [1.29, 1.82) is 0 Å². The first-order valence-corrected chi connectivity index (χ1v) is 6.59. The molecule has 96 valence electrons. The Morgan fingerprint density at radius 1 is 1.18 bits per heavy atom. The standard InChI is InChI=1S/C15H26N2/c1-5-16-15(13(2)3)12-17(4)11-14-9-7-6-8-10-14/h6-10,13,15-16H,5,11-12H2,1-4H3. The lowest BCUT2D eigenvalue weighted by atomic mass is 10.0. The number of hydrogen-bond donors (Lipinski definition) is 1. The van der Waals surface area contributed by atoms with Gasteiger partial charge in [0.05, 0.1) is 0 Å². The molecule has 1 aromatic carbocycles. The molecule has 1 aromatic rings. The summed E-state index contributed by atoms with van der Waals surface area (Å²) < 4.78 is 0. The molecule has 0 aliphatic heterocycles. The lowest BCUT2D eigenvalue weighted by Gasteiger charge is -2.27. The molecule has 1 atom stereocenters. The Balaban J connectivity index is 2.44. The third kappa shape index (κ3) is 5.33. The fourth-order valence-electron chi connectivity index (χ4n) is 2.07. The molecule has 2 nitrogen and oxygen atoms in total. The lowest BCUT2D eigenvalue weighted by Crippen LogP contribution is -2.42. The third-order valence-corrected chi connectivity index (χ3v) is 3.07. The van der Waals surface area contributed by atoms with Crippen molar-refractivity contribution < 1.29 is 0 Å². The van der Waals surface area contributed by atoms with E-state index in [0.29, 0.717) is 12.0 Å². The Hall–Kier alpha value is -0.860. The van der Waals surface area contributed by atoms with Crippen molar-refractivity contribution in [2.45, 2.75) is 33.4 Å². The van der Waals surface area contributed by atoms with Crippen molar-refractivity contribution in [2.24, 2.45) is 5.92 Å². The molecule has 1 unspecified atom stereocenters. The van der Waals surface area contributed by atoms with Gasteiger partial charge in [0.2, 0.25) is 0 Å². The van der Waals surface area contributed by atoms with Gasteiger partial charge < -0.3 is 10.2 Å². The molecule has 0 aliphatic rings. The summed E-state index contributed by atoms with van der Waals surface area (Å²) in [6.07, 6.45) is 0. The highest BCUT2D eigenvalue weighted by molar-refractivity contribution is 5.14. The number of benzene rings is 1. The van der Waals surface area contributed by atoms with Crippen LogP contribution in [0.4, 0.5) is 0 Å². The van der Waals surface area contributed by atoms with Crippen molar-refractivity contribution >= 4 is 0 Å². The summed E-state index contributed by atoms with van der Waals surface area (Å²) in [5.74, 6) is 0.674. The van der Waals surface area contributed by atoms with E-state index in [1.54, 1.807) is 0 Å². The maximum atomic E-state index is 3.56. The van der Waals surface area contributed by atoms with E-state index in [1.165, 1.54) is 5.56 Å². The predicted molar refractivity (Wildman–Crippen MR) is 75.1 cm³/mol. The smallest absolute Gasteiger partial charge is 0.0231 e. The van der Waals surface area contributed by atoms with Crippen LogP contribution < -0.4 is 5.32 Å². The second kappa shape index (κ2) is 7.46. The van der Waals surface area contributed by atoms with Crippen molar-refractivity contribution in [1.82, 2.24) is 10.2 Å². The molecule has 0 aromatic heterocycles. The maximum absolute atomic E-state index is 3.56. The fraction of sp³-hybridized carbons (Fsp3) is 0.600. The number of likely N-dealkylation sites (N-methyl/N-ethyl adjacent to an activating group) is 2. The van der Waals surface area contributed by atoms with Crippen molar-refractivity contribution in [3.05, 3.63) is 35.9 Å². The number of nitrogens with zero attached hydrogens (tertiary/aromatic N) is 1. The van der Waals surface area contributed by atoms with Gasteiger partial charge in [-0.25, -0.2) is 0 Å². The number of rotatable bonds is 7. The van der Waals surface area contributed by atoms with E-state index in [2.05, 4.69) is 68.4 Å². The fourth-order valence-corrected chi connectivity index (χ4v) is 2.07. The Kier molecular flexibility index (Phi) is 6.23. The van der Waals surface area contributed by atoms with Gasteiger partial charge in [0.25, 0.3) is 0 Å². The van der Waals surface area contributed by atoms with Gasteiger partial charge in [-0.2, -0.15) is 0 Å². The van der Waals surface area contributed by atoms with Gasteiger partial charge in [-0.15, -0.1) is 0 Å². The van der Waals surface area contributed by atoms with E-state index < -0.39 is 0 Å². The average Bonchev–Trinajstić information content (AvgIpc) is 2.29. The minimum absolute atomic E-state index is 0.578. The van der Waals surface area contributed by atoms with Crippen LogP contribution in [0.15, 0.2) is 30.3 Å². The summed E-state index contributed by atoms with van der Waals surface area (Å²) in [7, 11) is 2.19. The largest absolute Gasteiger partial charge is 0.313 e. The molecule has 0 aliphatic carbocycles. The summed E-state index contributed by atoms with van der Waals surface area (Å²) in [6.45, 7) is 9.90. The molecule has 0 radical (unpaired) electrons.